The molecule has 2 aromatic heterocycles. The maximum atomic E-state index is 12.4. The highest BCUT2D eigenvalue weighted by Crippen LogP contribution is 2.12. The summed E-state index contributed by atoms with van der Waals surface area (Å²) in [6.07, 6.45) is 3.42. The Bertz CT molecular complexity index is 674. The van der Waals surface area contributed by atoms with Gasteiger partial charge in [0, 0.05) is 45.5 Å². The van der Waals surface area contributed by atoms with Crippen molar-refractivity contribution in [2.75, 3.05) is 31.1 Å². The van der Waals surface area contributed by atoms with Crippen LogP contribution in [0.4, 0.5) is 5.95 Å². The lowest BCUT2D eigenvalue weighted by molar-refractivity contribution is 0.0741. The Hall–Kier alpha value is -2.70. The van der Waals surface area contributed by atoms with E-state index in [4.69, 9.17) is 0 Å². The first-order valence-corrected chi connectivity index (χ1v) is 7.16. The molecule has 1 aliphatic rings. The van der Waals surface area contributed by atoms with E-state index in [1.165, 1.54) is 6.92 Å². The molecule has 3 rings (SSSR count). The van der Waals surface area contributed by atoms with E-state index < -0.39 is 0 Å². The molecule has 2 aromatic rings. The van der Waals surface area contributed by atoms with E-state index in [0.29, 0.717) is 43.5 Å². The Morgan fingerprint density at radius 3 is 2.27 bits per heavy atom. The summed E-state index contributed by atoms with van der Waals surface area (Å²) < 4.78 is 0. The fourth-order valence-electron chi connectivity index (χ4n) is 2.46. The molecule has 1 aliphatic heterocycles. The van der Waals surface area contributed by atoms with Gasteiger partial charge in [-0.15, -0.1) is 0 Å². The number of carbonyl (C=O) groups is 2. The molecule has 0 aromatic carbocycles. The first kappa shape index (κ1) is 14.2. The number of anilines is 1. The Labute approximate surface area is 128 Å². The third-order valence-corrected chi connectivity index (χ3v) is 3.70. The Morgan fingerprint density at radius 2 is 1.68 bits per heavy atom. The lowest BCUT2D eigenvalue weighted by atomic mass is 10.3. The molecule has 1 N–H and O–H groups in total. The summed E-state index contributed by atoms with van der Waals surface area (Å²) in [5, 5.41) is 0. The molecule has 0 saturated carbocycles. The van der Waals surface area contributed by atoms with Gasteiger partial charge in [0.05, 0.1) is 5.69 Å². The highest BCUT2D eigenvalue weighted by Gasteiger charge is 2.24. The van der Waals surface area contributed by atoms with E-state index in [9.17, 15) is 9.59 Å². The van der Waals surface area contributed by atoms with Crippen LogP contribution in [0.3, 0.4) is 0 Å². The molecule has 7 nitrogen and oxygen atoms in total. The van der Waals surface area contributed by atoms with Crippen molar-refractivity contribution in [2.24, 2.45) is 0 Å². The van der Waals surface area contributed by atoms with Crippen LogP contribution in [0.5, 0.6) is 0 Å². The summed E-state index contributed by atoms with van der Waals surface area (Å²) in [5.41, 5.74) is 0.911. The Balaban J connectivity index is 1.63. The third kappa shape index (κ3) is 2.83. The molecule has 0 spiro atoms. The van der Waals surface area contributed by atoms with Crippen molar-refractivity contribution >= 4 is 17.6 Å². The topological polar surface area (TPSA) is 82.2 Å². The predicted octanol–water partition coefficient (Wildman–Crippen LogP) is 0.970. The van der Waals surface area contributed by atoms with E-state index in [0.717, 1.165) is 0 Å². The SMILES string of the molecule is CC(=O)c1ccc(C(=O)N2CCN(c3ncccn3)CC2)[nH]1. The van der Waals surface area contributed by atoms with Gasteiger partial charge in [-0.25, -0.2) is 9.97 Å². The number of Topliss-reactive ketones (excluding diaryl/α,β-unsaturated/α-hetero) is 1. The third-order valence-electron chi connectivity index (χ3n) is 3.70. The zero-order valence-electron chi connectivity index (χ0n) is 12.3. The number of aromatic amines is 1. The van der Waals surface area contributed by atoms with Gasteiger partial charge in [0.1, 0.15) is 5.69 Å². The van der Waals surface area contributed by atoms with Gasteiger partial charge in [-0.1, -0.05) is 0 Å². The minimum Gasteiger partial charge on any atom is -0.348 e. The monoisotopic (exact) mass is 299 g/mol. The Morgan fingerprint density at radius 1 is 1.05 bits per heavy atom. The Kier molecular flexibility index (Phi) is 3.86. The molecule has 114 valence electrons. The fraction of sp³-hybridized carbons (Fsp3) is 0.333. The van der Waals surface area contributed by atoms with Gasteiger partial charge in [0.25, 0.3) is 5.91 Å². The number of H-pyrrole nitrogens is 1. The van der Waals surface area contributed by atoms with Crippen LogP contribution >= 0.6 is 0 Å². The van der Waals surface area contributed by atoms with Crippen LogP contribution in [0.1, 0.15) is 27.9 Å². The van der Waals surface area contributed by atoms with Gasteiger partial charge in [0.15, 0.2) is 5.78 Å². The van der Waals surface area contributed by atoms with Crippen LogP contribution in [0.15, 0.2) is 30.6 Å². The van der Waals surface area contributed by atoms with Crippen molar-refractivity contribution in [3.63, 3.8) is 0 Å². The number of ketones is 1. The van der Waals surface area contributed by atoms with E-state index in [1.807, 2.05) is 0 Å². The van der Waals surface area contributed by atoms with Gasteiger partial charge in [-0.3, -0.25) is 9.59 Å². The van der Waals surface area contributed by atoms with Crippen LogP contribution in [0.2, 0.25) is 0 Å². The molecular formula is C15H17N5O2. The minimum absolute atomic E-state index is 0.0786. The van der Waals surface area contributed by atoms with Gasteiger partial charge < -0.3 is 14.8 Å². The summed E-state index contributed by atoms with van der Waals surface area (Å²) in [6, 6.07) is 5.08. The van der Waals surface area contributed by atoms with Crippen molar-refractivity contribution in [1.29, 1.82) is 0 Å². The molecular weight excluding hydrogens is 282 g/mol. The van der Waals surface area contributed by atoms with Crippen molar-refractivity contribution in [2.45, 2.75) is 6.92 Å². The lowest BCUT2D eigenvalue weighted by Gasteiger charge is -2.34. The largest absolute Gasteiger partial charge is 0.348 e. The quantitative estimate of drug-likeness (QED) is 0.854. The van der Waals surface area contributed by atoms with E-state index in [2.05, 4.69) is 19.9 Å². The second-order valence-electron chi connectivity index (χ2n) is 5.17. The molecule has 0 radical (unpaired) electrons. The summed E-state index contributed by atoms with van der Waals surface area (Å²) in [4.78, 5) is 38.8. The number of amides is 1. The zero-order valence-corrected chi connectivity index (χ0v) is 12.3. The summed E-state index contributed by atoms with van der Waals surface area (Å²) in [5.74, 6) is 0.527. The van der Waals surface area contributed by atoms with Gasteiger partial charge in [0.2, 0.25) is 5.95 Å². The smallest absolute Gasteiger partial charge is 0.270 e. The molecule has 0 aliphatic carbocycles. The maximum Gasteiger partial charge on any atom is 0.270 e. The standard InChI is InChI=1S/C15H17N5O2/c1-11(21)12-3-4-13(18-12)14(22)19-7-9-20(10-8-19)15-16-5-2-6-17-15/h2-6,18H,7-10H2,1H3. The summed E-state index contributed by atoms with van der Waals surface area (Å²) in [7, 11) is 0. The molecule has 0 bridgehead atoms. The van der Waals surface area contributed by atoms with Crippen molar-refractivity contribution in [3.05, 3.63) is 42.0 Å². The van der Waals surface area contributed by atoms with Crippen LogP contribution < -0.4 is 4.90 Å². The van der Waals surface area contributed by atoms with E-state index in [1.54, 1.807) is 35.5 Å². The first-order chi connectivity index (χ1) is 10.6. The number of piperazine rings is 1. The molecule has 1 amide bonds. The molecule has 7 heteroatoms. The molecule has 1 fully saturated rings. The van der Waals surface area contributed by atoms with Crippen molar-refractivity contribution in [1.82, 2.24) is 19.9 Å². The number of aromatic nitrogens is 3. The summed E-state index contributed by atoms with van der Waals surface area (Å²) >= 11 is 0. The van der Waals surface area contributed by atoms with Crippen LogP contribution in [-0.2, 0) is 0 Å². The molecule has 0 atom stereocenters. The highest BCUT2D eigenvalue weighted by molar-refractivity contribution is 5.97. The second kappa shape index (κ2) is 5.97. The van der Waals surface area contributed by atoms with E-state index >= 15 is 0 Å². The number of nitrogens with one attached hydrogen (secondary N) is 1. The maximum absolute atomic E-state index is 12.4. The lowest BCUT2D eigenvalue weighted by Crippen LogP contribution is -2.49. The van der Waals surface area contributed by atoms with Gasteiger partial charge in [-0.2, -0.15) is 0 Å². The molecule has 1 saturated heterocycles. The molecule has 3 heterocycles. The molecule has 22 heavy (non-hydrogen) atoms. The average molecular weight is 299 g/mol. The fourth-order valence-corrected chi connectivity index (χ4v) is 2.46. The van der Waals surface area contributed by atoms with Crippen LogP contribution in [0.25, 0.3) is 0 Å². The number of hydrogen-bond donors (Lipinski definition) is 1. The highest BCUT2D eigenvalue weighted by atomic mass is 16.2. The average Bonchev–Trinajstić information content (AvgIpc) is 3.05. The number of nitrogens with zero attached hydrogens (tertiary/aromatic N) is 4. The van der Waals surface area contributed by atoms with Crippen LogP contribution in [0, 0.1) is 0 Å². The van der Waals surface area contributed by atoms with Crippen LogP contribution in [-0.4, -0.2) is 57.7 Å². The van der Waals surface area contributed by atoms with Crippen molar-refractivity contribution < 1.29 is 9.59 Å². The predicted molar refractivity (Wildman–Crippen MR) is 80.9 cm³/mol. The minimum atomic E-state index is -0.0823. The number of rotatable bonds is 3. The normalized spacial score (nSPS) is 15.0. The second-order valence-corrected chi connectivity index (χ2v) is 5.17. The summed E-state index contributed by atoms with van der Waals surface area (Å²) in [6.45, 7) is 4.06. The number of carbonyl (C=O) groups excluding carboxylic acids is 2. The first-order valence-electron chi connectivity index (χ1n) is 7.16. The van der Waals surface area contributed by atoms with Gasteiger partial charge in [-0.05, 0) is 18.2 Å². The zero-order chi connectivity index (χ0) is 15.5. The molecule has 0 unspecified atom stereocenters. The van der Waals surface area contributed by atoms with Gasteiger partial charge >= 0.3 is 0 Å². The number of hydrogen-bond acceptors (Lipinski definition) is 5. The van der Waals surface area contributed by atoms with Crippen molar-refractivity contribution in [3.8, 4) is 0 Å². The van der Waals surface area contributed by atoms with E-state index in [-0.39, 0.29) is 11.7 Å².